The van der Waals surface area contributed by atoms with Gasteiger partial charge in [0.1, 0.15) is 18.5 Å². The lowest BCUT2D eigenvalue weighted by Crippen LogP contribution is -2.63. The van der Waals surface area contributed by atoms with Crippen LogP contribution in [-0.4, -0.2) is 67.0 Å². The van der Waals surface area contributed by atoms with Gasteiger partial charge in [-0.1, -0.05) is 36.4 Å². The molecule has 0 unspecified atom stereocenters. The van der Waals surface area contributed by atoms with Gasteiger partial charge in [0.25, 0.3) is 0 Å². The highest BCUT2D eigenvalue weighted by Gasteiger charge is 2.53. The molecule has 1 aliphatic rings. The molecule has 2 aromatic carbocycles. The van der Waals surface area contributed by atoms with E-state index in [1.807, 2.05) is 30.3 Å². The van der Waals surface area contributed by atoms with Gasteiger partial charge in [-0.05, 0) is 35.9 Å². The molecular formula is C29H30O11. The summed E-state index contributed by atoms with van der Waals surface area (Å²) in [7, 11) is 0. The summed E-state index contributed by atoms with van der Waals surface area (Å²) in [6.07, 6.45) is -3.38. The zero-order chi connectivity index (χ0) is 29.2. The van der Waals surface area contributed by atoms with E-state index in [1.165, 1.54) is 37.3 Å². The van der Waals surface area contributed by atoms with Crippen molar-refractivity contribution in [3.05, 3.63) is 71.8 Å². The van der Waals surface area contributed by atoms with Crippen LogP contribution in [0.2, 0.25) is 0 Å². The van der Waals surface area contributed by atoms with Crippen LogP contribution in [0.15, 0.2) is 60.7 Å². The van der Waals surface area contributed by atoms with Gasteiger partial charge in [0.15, 0.2) is 18.0 Å². The Morgan fingerprint density at radius 1 is 0.725 bits per heavy atom. The minimum absolute atomic E-state index is 0.226. The normalized spacial score (nSPS) is 22.1. The smallest absolute Gasteiger partial charge is 0.303 e. The fourth-order valence-electron chi connectivity index (χ4n) is 3.95. The van der Waals surface area contributed by atoms with Crippen molar-refractivity contribution in [1.29, 1.82) is 0 Å². The lowest BCUT2D eigenvalue weighted by molar-refractivity contribution is -0.288. The van der Waals surface area contributed by atoms with Crippen LogP contribution in [0, 0.1) is 0 Å². The molecule has 0 spiro atoms. The fraction of sp³-hybridized carbons (Fsp3) is 0.345. The van der Waals surface area contributed by atoms with Crippen LogP contribution in [0.5, 0.6) is 5.75 Å². The molecule has 1 aliphatic heterocycles. The molecule has 212 valence electrons. The lowest BCUT2D eigenvalue weighted by Gasteiger charge is -2.43. The van der Waals surface area contributed by atoms with Crippen molar-refractivity contribution in [3.8, 4) is 5.75 Å². The van der Waals surface area contributed by atoms with Crippen LogP contribution in [0.1, 0.15) is 43.6 Å². The molecule has 0 N–H and O–H groups in total. The van der Waals surface area contributed by atoms with Crippen molar-refractivity contribution in [2.24, 2.45) is 0 Å². The number of carbonyl (C=O) groups excluding carboxylic acids is 5. The number of esters is 4. The summed E-state index contributed by atoms with van der Waals surface area (Å²) in [5, 5.41) is 0. The molecule has 0 radical (unpaired) electrons. The molecule has 0 bridgehead atoms. The Morgan fingerprint density at radius 3 is 1.88 bits per heavy atom. The molecule has 11 nitrogen and oxygen atoms in total. The van der Waals surface area contributed by atoms with Gasteiger partial charge < -0.3 is 28.4 Å². The summed E-state index contributed by atoms with van der Waals surface area (Å²) < 4.78 is 33.0. The van der Waals surface area contributed by atoms with E-state index in [4.69, 9.17) is 28.4 Å². The van der Waals surface area contributed by atoms with Crippen molar-refractivity contribution >= 4 is 35.7 Å². The molecule has 0 aliphatic carbocycles. The van der Waals surface area contributed by atoms with Gasteiger partial charge in [0, 0.05) is 33.3 Å². The summed E-state index contributed by atoms with van der Waals surface area (Å²) in [5.74, 6) is -2.87. The van der Waals surface area contributed by atoms with Crippen LogP contribution < -0.4 is 4.74 Å². The van der Waals surface area contributed by atoms with Crippen LogP contribution >= 0.6 is 0 Å². The minimum Gasteiger partial charge on any atom is -0.463 e. The molecule has 2 aromatic rings. The van der Waals surface area contributed by atoms with Gasteiger partial charge in [-0.25, -0.2) is 0 Å². The first-order valence-electron chi connectivity index (χ1n) is 12.4. The number of hydrogen-bond acceptors (Lipinski definition) is 11. The van der Waals surface area contributed by atoms with Gasteiger partial charge in [0.05, 0.1) is 0 Å². The Bertz CT molecular complexity index is 1240. The average molecular weight is 555 g/mol. The second-order valence-electron chi connectivity index (χ2n) is 8.82. The minimum atomic E-state index is -1.37. The number of hydrogen-bond donors (Lipinski definition) is 0. The standard InChI is InChI=1S/C29H30O11/c1-17(30)35-16-25-26(36-18(2)31)27(37-19(3)32)28(38-20(4)33)29(40-25)39-23-13-11-22(12-14-23)24(34)15-10-21-8-6-5-7-9-21/h5-15,25-29H,16H2,1-4H3/b15-10+/t25-,26-,27+,28-,29-/m0/s1. The molecule has 1 saturated heterocycles. The first-order chi connectivity index (χ1) is 19.0. The highest BCUT2D eigenvalue weighted by Crippen LogP contribution is 2.31. The summed E-state index contributed by atoms with van der Waals surface area (Å²) >= 11 is 0. The third-order valence-corrected chi connectivity index (χ3v) is 5.57. The Labute approximate surface area is 230 Å². The third kappa shape index (κ3) is 8.77. The molecule has 5 atom stereocenters. The number of ketones is 1. The third-order valence-electron chi connectivity index (χ3n) is 5.57. The molecule has 0 saturated carbocycles. The molecule has 1 fully saturated rings. The van der Waals surface area contributed by atoms with E-state index in [-0.39, 0.29) is 18.1 Å². The quantitative estimate of drug-likeness (QED) is 0.185. The van der Waals surface area contributed by atoms with Crippen LogP contribution in [0.3, 0.4) is 0 Å². The zero-order valence-corrected chi connectivity index (χ0v) is 22.4. The van der Waals surface area contributed by atoms with Crippen molar-refractivity contribution in [1.82, 2.24) is 0 Å². The van der Waals surface area contributed by atoms with Gasteiger partial charge in [-0.3, -0.25) is 24.0 Å². The molecule has 1 heterocycles. The van der Waals surface area contributed by atoms with Crippen molar-refractivity contribution in [2.75, 3.05) is 6.61 Å². The SMILES string of the molecule is CC(=O)OC[C@@H]1O[C@H](Oc2ccc(C(=O)/C=C/c3ccccc3)cc2)[C@@H](OC(C)=O)[C@H](OC(C)=O)[C@H]1OC(C)=O. The van der Waals surface area contributed by atoms with Crippen LogP contribution in [0.4, 0.5) is 0 Å². The number of allylic oxidation sites excluding steroid dienone is 1. The van der Waals surface area contributed by atoms with Crippen LogP contribution in [0.25, 0.3) is 6.08 Å². The summed E-state index contributed by atoms with van der Waals surface area (Å²) in [6, 6.07) is 15.5. The van der Waals surface area contributed by atoms with E-state index in [0.717, 1.165) is 26.3 Å². The topological polar surface area (TPSA) is 141 Å². The van der Waals surface area contributed by atoms with Crippen molar-refractivity contribution in [2.45, 2.75) is 58.4 Å². The highest BCUT2D eigenvalue weighted by molar-refractivity contribution is 6.06. The fourth-order valence-corrected chi connectivity index (χ4v) is 3.95. The molecule has 0 aromatic heterocycles. The molecular weight excluding hydrogens is 524 g/mol. The monoisotopic (exact) mass is 554 g/mol. The second kappa shape index (κ2) is 14.0. The van der Waals surface area contributed by atoms with Gasteiger partial charge in [-0.2, -0.15) is 0 Å². The summed E-state index contributed by atoms with van der Waals surface area (Å²) in [4.78, 5) is 59.8. The van der Waals surface area contributed by atoms with Crippen molar-refractivity contribution in [3.63, 3.8) is 0 Å². The van der Waals surface area contributed by atoms with Crippen LogP contribution in [-0.2, 0) is 42.9 Å². The van der Waals surface area contributed by atoms with E-state index in [0.29, 0.717) is 5.56 Å². The molecule has 3 rings (SSSR count). The molecule has 0 amide bonds. The van der Waals surface area contributed by atoms with E-state index in [2.05, 4.69) is 0 Å². The van der Waals surface area contributed by atoms with E-state index in [1.54, 1.807) is 6.08 Å². The number of ether oxygens (including phenoxy) is 6. The molecule has 11 heteroatoms. The van der Waals surface area contributed by atoms with Gasteiger partial charge >= 0.3 is 23.9 Å². The largest absolute Gasteiger partial charge is 0.463 e. The summed E-state index contributed by atoms with van der Waals surface area (Å²) in [5.41, 5.74) is 1.26. The Hall–Kier alpha value is -4.51. The average Bonchev–Trinajstić information content (AvgIpc) is 2.89. The maximum absolute atomic E-state index is 12.6. The number of benzene rings is 2. The number of rotatable bonds is 10. The van der Waals surface area contributed by atoms with Gasteiger partial charge in [0.2, 0.25) is 12.4 Å². The van der Waals surface area contributed by atoms with Gasteiger partial charge in [-0.15, -0.1) is 0 Å². The van der Waals surface area contributed by atoms with Crippen molar-refractivity contribution < 1.29 is 52.4 Å². The first kappa shape index (κ1) is 30.0. The Morgan fingerprint density at radius 2 is 1.30 bits per heavy atom. The predicted octanol–water partition coefficient (Wildman–Crippen LogP) is 3.04. The van der Waals surface area contributed by atoms with E-state index >= 15 is 0 Å². The lowest BCUT2D eigenvalue weighted by atomic mass is 9.98. The number of carbonyl (C=O) groups is 5. The molecule has 40 heavy (non-hydrogen) atoms. The zero-order valence-electron chi connectivity index (χ0n) is 22.4. The van der Waals surface area contributed by atoms with E-state index in [9.17, 15) is 24.0 Å². The Balaban J connectivity index is 1.86. The highest BCUT2D eigenvalue weighted by atomic mass is 16.7. The maximum atomic E-state index is 12.6. The first-order valence-corrected chi connectivity index (χ1v) is 12.4. The Kier molecular flexibility index (Phi) is 10.5. The maximum Gasteiger partial charge on any atom is 0.303 e. The van der Waals surface area contributed by atoms with E-state index < -0.39 is 54.6 Å². The summed E-state index contributed by atoms with van der Waals surface area (Å²) in [6.45, 7) is 4.20. The second-order valence-corrected chi connectivity index (χ2v) is 8.82. The predicted molar refractivity (Wildman–Crippen MR) is 139 cm³/mol.